The lowest BCUT2D eigenvalue weighted by Crippen LogP contribution is -2.34. The van der Waals surface area contributed by atoms with Crippen LogP contribution in [0.25, 0.3) is 48.7 Å². The van der Waals surface area contributed by atoms with E-state index in [9.17, 15) is 24.3 Å². The third-order valence-corrected chi connectivity index (χ3v) is 17.7. The van der Waals surface area contributed by atoms with Gasteiger partial charge in [0.25, 0.3) is 0 Å². The van der Waals surface area contributed by atoms with E-state index in [1.54, 1.807) is 24.3 Å². The molecule has 9 aromatic carbocycles. The Kier molecular flexibility index (Phi) is 21.2. The quantitative estimate of drug-likeness (QED) is 0.0261. The van der Waals surface area contributed by atoms with Crippen LogP contribution in [-0.4, -0.2) is 66.9 Å². The van der Waals surface area contributed by atoms with Gasteiger partial charge in [-0.25, -0.2) is 9.59 Å². The SMILES string of the molecule is CCCCC(CC)COC(=O)NCCC(=O)NC1=CC(=[N+](c2ccc3ccccc3c2)c2ccc3ccccc3c2)C=C/C1=C1\C(=O)C(c2ccc(N(c3ccc4ccccc4c3)c3ccc4ccccc4c3)cc2NC(=O)CCNC(=O)OCC(CC)CCCC)=C1O. The number of aliphatic hydroxyl groups is 1. The van der Waals surface area contributed by atoms with Gasteiger partial charge in [0.05, 0.1) is 35.7 Å². The Morgan fingerprint density at radius 2 is 0.936 bits per heavy atom. The molecule has 14 heteroatoms. The molecule has 0 saturated carbocycles. The molecule has 5 N–H and O–H groups in total. The average molecular weight is 1250 g/mol. The molecule has 4 amide bonds. The lowest BCUT2D eigenvalue weighted by Gasteiger charge is -2.29. The molecule has 0 aromatic heterocycles. The van der Waals surface area contributed by atoms with E-state index in [4.69, 9.17) is 9.47 Å². The number of nitrogens with one attached hydrogen (secondary N) is 4. The number of anilines is 4. The molecule has 0 saturated heterocycles. The van der Waals surface area contributed by atoms with E-state index in [1.807, 2.05) is 84.9 Å². The predicted molar refractivity (Wildman–Crippen MR) is 381 cm³/mol. The number of aliphatic hydroxyl groups excluding tert-OH is 1. The zero-order valence-corrected chi connectivity index (χ0v) is 53.9. The van der Waals surface area contributed by atoms with Crippen molar-refractivity contribution < 1.29 is 38.6 Å². The summed E-state index contributed by atoms with van der Waals surface area (Å²) in [7, 11) is 0. The molecular weight excluding hydrogens is 1170 g/mol. The Bertz CT molecular complexity index is 4340. The monoisotopic (exact) mass is 1250 g/mol. The van der Waals surface area contributed by atoms with Crippen LogP contribution in [0, 0.1) is 11.8 Å². The van der Waals surface area contributed by atoms with Crippen LogP contribution in [-0.2, 0) is 23.9 Å². The minimum Gasteiger partial charge on any atom is -0.506 e. The maximum absolute atomic E-state index is 15.3. The first-order chi connectivity index (χ1) is 45.9. The number of carbonyl (C=O) groups excluding carboxylic acids is 5. The van der Waals surface area contributed by atoms with Crippen LogP contribution in [0.2, 0.25) is 0 Å². The number of allylic oxidation sites excluding steroid dienone is 5. The number of unbranched alkanes of at least 4 members (excludes halogenated alkanes) is 2. The van der Waals surface area contributed by atoms with Crippen LogP contribution in [0.15, 0.2) is 229 Å². The van der Waals surface area contributed by atoms with E-state index in [-0.39, 0.29) is 90.4 Å². The highest BCUT2D eigenvalue weighted by Gasteiger charge is 2.40. The molecule has 2 aliphatic rings. The molecule has 14 nitrogen and oxygen atoms in total. The highest BCUT2D eigenvalue weighted by atomic mass is 16.6. The van der Waals surface area contributed by atoms with Gasteiger partial charge in [0.15, 0.2) is 0 Å². The molecule has 2 aliphatic carbocycles. The van der Waals surface area contributed by atoms with Crippen molar-refractivity contribution >= 4 is 118 Å². The van der Waals surface area contributed by atoms with Crippen molar-refractivity contribution in [2.24, 2.45) is 11.8 Å². The van der Waals surface area contributed by atoms with Crippen molar-refractivity contribution in [1.29, 1.82) is 0 Å². The Morgan fingerprint density at radius 3 is 1.40 bits per heavy atom. The van der Waals surface area contributed by atoms with Gasteiger partial charge in [0.1, 0.15) is 5.76 Å². The molecule has 2 atom stereocenters. The molecule has 0 bridgehead atoms. The molecule has 0 aliphatic heterocycles. The topological polar surface area (TPSA) is 178 Å². The first-order valence-electron chi connectivity index (χ1n) is 33.0. The summed E-state index contributed by atoms with van der Waals surface area (Å²) in [5.74, 6) is -1.33. The second-order valence-corrected chi connectivity index (χ2v) is 24.2. The molecule has 0 heterocycles. The van der Waals surface area contributed by atoms with Crippen molar-refractivity contribution in [3.8, 4) is 0 Å². The number of nitrogens with zero attached hydrogens (tertiary/aromatic N) is 2. The fourth-order valence-corrected chi connectivity index (χ4v) is 12.3. The standard InChI is InChI=1S/C80H80N6O8/c1-5-9-19-53(7-3)51-93-79(91)81-43-41-73(87)83-71-49-67(85(63-33-29-55-21-11-15-25-59(55)45-63)64-34-30-56-22-12-16-26-60(56)46-64)37-39-69(71)75-77(89)76(78(75)90)70-40-38-68(50-72(70)84-74(88)42-44-82-80(92)94-52-54(8-4)20-10-6-2)86(65-35-31-57-23-13-17-27-61(57)47-65)66-36-32-58-24-14-18-28-62(58)48-66/h11-18,21-40,45-50,53-54H,5-10,19-20,41-44,51-52H2,1-4H3,(H4,81,82,83,84,87,88,89,90,91,92)/p+1. The lowest BCUT2D eigenvalue weighted by molar-refractivity contribution is -0.120. The third-order valence-electron chi connectivity index (χ3n) is 17.7. The maximum Gasteiger partial charge on any atom is 0.407 e. The van der Waals surface area contributed by atoms with Gasteiger partial charge in [0, 0.05) is 90.5 Å². The summed E-state index contributed by atoms with van der Waals surface area (Å²) in [5.41, 5.74) is 5.46. The van der Waals surface area contributed by atoms with Crippen LogP contribution in [0.4, 0.5) is 43.7 Å². The van der Waals surface area contributed by atoms with Crippen LogP contribution in [0.5, 0.6) is 0 Å². The average Bonchev–Trinajstić information content (AvgIpc) is 0.739. The van der Waals surface area contributed by atoms with Gasteiger partial charge in [-0.2, -0.15) is 4.58 Å². The first kappa shape index (κ1) is 64.9. The normalized spacial score (nSPS) is 14.3. The Labute approximate surface area is 549 Å². The minimum absolute atomic E-state index is 0.0289. The fraction of sp³-hybridized carbons (Fsp3) is 0.250. The second kappa shape index (κ2) is 30.7. The number of alkyl carbamates (subject to hydrolysis) is 2. The fourth-order valence-electron chi connectivity index (χ4n) is 12.3. The second-order valence-electron chi connectivity index (χ2n) is 24.2. The maximum atomic E-state index is 15.3. The Morgan fingerprint density at radius 1 is 0.500 bits per heavy atom. The highest BCUT2D eigenvalue weighted by molar-refractivity contribution is 6.40. The van der Waals surface area contributed by atoms with E-state index in [1.165, 1.54) is 0 Å². The van der Waals surface area contributed by atoms with Crippen molar-refractivity contribution in [3.05, 3.63) is 234 Å². The van der Waals surface area contributed by atoms with Crippen molar-refractivity contribution in [2.75, 3.05) is 36.5 Å². The molecule has 478 valence electrons. The van der Waals surface area contributed by atoms with Gasteiger partial charge >= 0.3 is 12.2 Å². The van der Waals surface area contributed by atoms with Gasteiger partial charge in [-0.15, -0.1) is 0 Å². The van der Waals surface area contributed by atoms with Crippen LogP contribution >= 0.6 is 0 Å². The molecule has 11 rings (SSSR count). The number of fused-ring (bicyclic) bond motifs is 4. The number of hydrogen-bond acceptors (Lipinski definition) is 9. The molecule has 9 aromatic rings. The largest absolute Gasteiger partial charge is 0.506 e. The van der Waals surface area contributed by atoms with E-state index < -0.39 is 29.8 Å². The Hall–Kier alpha value is -10.6. The first-order valence-corrected chi connectivity index (χ1v) is 33.0. The summed E-state index contributed by atoms with van der Waals surface area (Å²) >= 11 is 0. The zero-order chi connectivity index (χ0) is 65.5. The van der Waals surface area contributed by atoms with Crippen LogP contribution in [0.1, 0.15) is 97.5 Å². The molecule has 94 heavy (non-hydrogen) atoms. The number of carbonyl (C=O) groups is 5. The number of amides is 4. The number of Topliss-reactive ketones (excluding diaryl/α,β-unsaturated/α-hetero) is 1. The van der Waals surface area contributed by atoms with E-state index in [2.05, 4.69) is 155 Å². The summed E-state index contributed by atoms with van der Waals surface area (Å²) < 4.78 is 13.2. The number of ether oxygens (including phenoxy) is 2. The minimum atomic E-state index is -0.612. The predicted octanol–water partition coefficient (Wildman–Crippen LogP) is 18.1. The number of benzene rings is 9. The zero-order valence-electron chi connectivity index (χ0n) is 53.9. The van der Waals surface area contributed by atoms with Crippen molar-refractivity contribution in [1.82, 2.24) is 20.5 Å². The van der Waals surface area contributed by atoms with E-state index in [0.29, 0.717) is 11.4 Å². The van der Waals surface area contributed by atoms with Gasteiger partial charge in [-0.3, -0.25) is 14.4 Å². The lowest BCUT2D eigenvalue weighted by atomic mass is 9.78. The van der Waals surface area contributed by atoms with Gasteiger partial charge in [-0.1, -0.05) is 175 Å². The van der Waals surface area contributed by atoms with Gasteiger partial charge in [0.2, 0.25) is 34.7 Å². The summed E-state index contributed by atoms with van der Waals surface area (Å²) in [6, 6.07) is 62.6. The molecule has 0 fully saturated rings. The number of ketones is 1. The van der Waals surface area contributed by atoms with Crippen molar-refractivity contribution in [3.63, 3.8) is 0 Å². The van der Waals surface area contributed by atoms with E-state index >= 15 is 4.79 Å². The summed E-state index contributed by atoms with van der Waals surface area (Å²) in [5, 5.41) is 32.5. The van der Waals surface area contributed by atoms with Crippen LogP contribution < -0.4 is 30.7 Å². The Balaban J connectivity index is 0.985. The smallest absolute Gasteiger partial charge is 0.407 e. The highest BCUT2D eigenvalue weighted by Crippen LogP contribution is 2.46. The number of hydrogen-bond donors (Lipinski definition) is 5. The van der Waals surface area contributed by atoms with Gasteiger partial charge < -0.3 is 40.7 Å². The van der Waals surface area contributed by atoms with Crippen LogP contribution in [0.3, 0.4) is 0 Å². The summed E-state index contributed by atoms with van der Waals surface area (Å²) in [4.78, 5) is 71.9. The molecule has 0 spiro atoms. The molecule has 2 unspecified atom stereocenters. The van der Waals surface area contributed by atoms with E-state index in [0.717, 1.165) is 117 Å². The van der Waals surface area contributed by atoms with Gasteiger partial charge in [-0.05, 0) is 128 Å². The number of rotatable bonds is 26. The van der Waals surface area contributed by atoms with Crippen molar-refractivity contribution in [2.45, 2.75) is 91.9 Å². The third kappa shape index (κ3) is 15.3. The summed E-state index contributed by atoms with van der Waals surface area (Å²) in [6.45, 7) is 8.92. The molecular formula is C80H81N6O8+. The molecule has 0 radical (unpaired) electrons. The summed E-state index contributed by atoms with van der Waals surface area (Å²) in [6.07, 6.45) is 11.7.